The van der Waals surface area contributed by atoms with E-state index in [2.05, 4.69) is 5.32 Å². The van der Waals surface area contributed by atoms with Crippen LogP contribution in [0.1, 0.15) is 18.9 Å². The number of carbonyl (C=O) groups excluding carboxylic acids is 1. The fourth-order valence-corrected chi connectivity index (χ4v) is 1.61. The van der Waals surface area contributed by atoms with Crippen molar-refractivity contribution in [2.75, 3.05) is 7.11 Å². The van der Waals surface area contributed by atoms with Gasteiger partial charge in [-0.2, -0.15) is 0 Å². The highest BCUT2D eigenvalue weighted by Crippen LogP contribution is 2.06. The second-order valence-electron chi connectivity index (χ2n) is 4.30. The van der Waals surface area contributed by atoms with Gasteiger partial charge in [0.2, 0.25) is 5.91 Å². The highest BCUT2D eigenvalue weighted by Gasteiger charge is 2.22. The van der Waals surface area contributed by atoms with E-state index >= 15 is 0 Å². The van der Waals surface area contributed by atoms with Gasteiger partial charge in [0.25, 0.3) is 0 Å². The van der Waals surface area contributed by atoms with Crippen molar-refractivity contribution in [1.82, 2.24) is 5.32 Å². The Morgan fingerprint density at radius 3 is 2.47 bits per heavy atom. The number of carboxylic acid groups (broad SMARTS) is 1. The Morgan fingerprint density at radius 1 is 1.32 bits per heavy atom. The zero-order chi connectivity index (χ0) is 14.3. The van der Waals surface area contributed by atoms with Crippen molar-refractivity contribution in [3.63, 3.8) is 0 Å². The third kappa shape index (κ3) is 5.09. The number of hydrogen-bond acceptors (Lipinski definition) is 3. The maximum Gasteiger partial charge on any atom is 0.326 e. The Bertz CT molecular complexity index is 419. The van der Waals surface area contributed by atoms with E-state index in [1.54, 1.807) is 6.92 Å². The van der Waals surface area contributed by atoms with Gasteiger partial charge in [-0.05, 0) is 25.3 Å². The van der Waals surface area contributed by atoms with Gasteiger partial charge in [-0.3, -0.25) is 4.79 Å². The van der Waals surface area contributed by atoms with E-state index in [0.29, 0.717) is 12.8 Å². The first-order valence-electron chi connectivity index (χ1n) is 6.14. The molecule has 5 heteroatoms. The average Bonchev–Trinajstić information content (AvgIpc) is 2.42. The molecule has 19 heavy (non-hydrogen) atoms. The average molecular weight is 265 g/mol. The van der Waals surface area contributed by atoms with Crippen LogP contribution in [0.15, 0.2) is 30.3 Å². The number of hydrogen-bond donors (Lipinski definition) is 2. The van der Waals surface area contributed by atoms with E-state index in [-0.39, 0.29) is 0 Å². The lowest BCUT2D eigenvalue weighted by atomic mass is 10.1. The molecule has 0 aromatic heterocycles. The number of carboxylic acids is 1. The summed E-state index contributed by atoms with van der Waals surface area (Å²) >= 11 is 0. The second kappa shape index (κ2) is 7.53. The summed E-state index contributed by atoms with van der Waals surface area (Å²) in [6.45, 7) is 1.57. The molecule has 0 radical (unpaired) electrons. The Morgan fingerprint density at radius 2 is 1.95 bits per heavy atom. The first-order chi connectivity index (χ1) is 9.04. The highest BCUT2D eigenvalue weighted by molar-refractivity contribution is 5.86. The van der Waals surface area contributed by atoms with Crippen LogP contribution in [0.2, 0.25) is 0 Å². The van der Waals surface area contributed by atoms with Crippen LogP contribution < -0.4 is 5.32 Å². The molecule has 1 rings (SSSR count). The van der Waals surface area contributed by atoms with E-state index < -0.39 is 24.0 Å². The minimum Gasteiger partial charge on any atom is -0.480 e. The Kier molecular flexibility index (Phi) is 6.02. The van der Waals surface area contributed by atoms with Gasteiger partial charge >= 0.3 is 5.97 Å². The highest BCUT2D eigenvalue weighted by atomic mass is 16.5. The molecular weight excluding hydrogens is 246 g/mol. The van der Waals surface area contributed by atoms with Crippen LogP contribution in [0.4, 0.5) is 0 Å². The number of methoxy groups -OCH3 is 1. The molecule has 0 fully saturated rings. The lowest BCUT2D eigenvalue weighted by molar-refractivity contribution is -0.143. The maximum absolute atomic E-state index is 11.6. The summed E-state index contributed by atoms with van der Waals surface area (Å²) in [6, 6.07) is 8.66. The van der Waals surface area contributed by atoms with Gasteiger partial charge in [-0.25, -0.2) is 4.79 Å². The van der Waals surface area contributed by atoms with Gasteiger partial charge in [-0.1, -0.05) is 30.3 Å². The molecule has 1 amide bonds. The van der Waals surface area contributed by atoms with Crippen LogP contribution in [-0.4, -0.2) is 36.2 Å². The van der Waals surface area contributed by atoms with E-state index in [0.717, 1.165) is 5.56 Å². The van der Waals surface area contributed by atoms with Gasteiger partial charge in [0.05, 0.1) is 0 Å². The minimum atomic E-state index is -1.03. The fraction of sp³-hybridized carbons (Fsp3) is 0.429. The first-order valence-corrected chi connectivity index (χ1v) is 6.14. The number of aryl methyl sites for hydroxylation is 1. The smallest absolute Gasteiger partial charge is 0.326 e. The van der Waals surface area contributed by atoms with E-state index in [9.17, 15) is 9.59 Å². The molecule has 0 aliphatic carbocycles. The van der Waals surface area contributed by atoms with Crippen LogP contribution in [0.25, 0.3) is 0 Å². The SMILES string of the molecule is COC(C)C(=O)NC(CCc1ccccc1)C(=O)O. The molecule has 1 aromatic carbocycles. The van der Waals surface area contributed by atoms with Gasteiger partial charge in [0.1, 0.15) is 12.1 Å². The molecule has 0 saturated carbocycles. The van der Waals surface area contributed by atoms with Crippen molar-refractivity contribution in [2.24, 2.45) is 0 Å². The van der Waals surface area contributed by atoms with E-state index in [1.165, 1.54) is 7.11 Å². The molecule has 5 nitrogen and oxygen atoms in total. The Balaban J connectivity index is 2.54. The molecule has 0 heterocycles. The molecule has 0 aliphatic rings. The summed E-state index contributed by atoms with van der Waals surface area (Å²) in [4.78, 5) is 22.7. The first kappa shape index (κ1) is 15.2. The third-order valence-electron chi connectivity index (χ3n) is 2.90. The largest absolute Gasteiger partial charge is 0.480 e. The van der Waals surface area contributed by atoms with Crippen molar-refractivity contribution in [2.45, 2.75) is 31.9 Å². The number of benzene rings is 1. The van der Waals surface area contributed by atoms with Crippen LogP contribution in [0.3, 0.4) is 0 Å². The van der Waals surface area contributed by atoms with Gasteiger partial charge < -0.3 is 15.2 Å². The lowest BCUT2D eigenvalue weighted by Crippen LogP contribution is -2.45. The molecule has 2 N–H and O–H groups in total. The zero-order valence-electron chi connectivity index (χ0n) is 11.1. The molecule has 0 bridgehead atoms. The number of amides is 1. The topological polar surface area (TPSA) is 75.6 Å². The van der Waals surface area contributed by atoms with Crippen molar-refractivity contribution in [3.05, 3.63) is 35.9 Å². The predicted molar refractivity (Wildman–Crippen MR) is 70.8 cm³/mol. The van der Waals surface area contributed by atoms with E-state index in [4.69, 9.17) is 9.84 Å². The second-order valence-corrected chi connectivity index (χ2v) is 4.30. The van der Waals surface area contributed by atoms with Gasteiger partial charge in [0, 0.05) is 7.11 Å². The van der Waals surface area contributed by atoms with Crippen molar-refractivity contribution < 1.29 is 19.4 Å². The van der Waals surface area contributed by atoms with Gasteiger partial charge in [-0.15, -0.1) is 0 Å². The molecule has 2 unspecified atom stereocenters. The molecule has 0 spiro atoms. The maximum atomic E-state index is 11.6. The van der Waals surface area contributed by atoms with Crippen LogP contribution in [0, 0.1) is 0 Å². The Labute approximate surface area is 112 Å². The van der Waals surface area contributed by atoms with E-state index in [1.807, 2.05) is 30.3 Å². The number of rotatable bonds is 7. The van der Waals surface area contributed by atoms with Crippen molar-refractivity contribution in [1.29, 1.82) is 0 Å². The molecule has 2 atom stereocenters. The monoisotopic (exact) mass is 265 g/mol. The summed E-state index contributed by atoms with van der Waals surface area (Å²) < 4.78 is 4.85. The summed E-state index contributed by atoms with van der Waals surface area (Å²) in [6.07, 6.45) is 0.291. The Hall–Kier alpha value is -1.88. The van der Waals surface area contributed by atoms with Crippen molar-refractivity contribution >= 4 is 11.9 Å². The summed E-state index contributed by atoms with van der Waals surface area (Å²) in [5, 5.41) is 11.6. The summed E-state index contributed by atoms with van der Waals surface area (Å²) in [5.41, 5.74) is 1.04. The predicted octanol–water partition coefficient (Wildman–Crippen LogP) is 1.22. The van der Waals surface area contributed by atoms with Crippen LogP contribution in [-0.2, 0) is 20.7 Å². The minimum absolute atomic E-state index is 0.349. The standard InChI is InChI=1S/C14H19NO4/c1-10(19-2)13(16)15-12(14(17)18)9-8-11-6-4-3-5-7-11/h3-7,10,12H,8-9H2,1-2H3,(H,15,16)(H,17,18). The third-order valence-corrected chi connectivity index (χ3v) is 2.90. The number of nitrogens with one attached hydrogen (secondary N) is 1. The summed E-state index contributed by atoms with van der Waals surface area (Å²) in [5.74, 6) is -1.45. The normalized spacial score (nSPS) is 13.6. The number of carbonyl (C=O) groups is 2. The lowest BCUT2D eigenvalue weighted by Gasteiger charge is -2.17. The molecule has 0 saturated heterocycles. The van der Waals surface area contributed by atoms with Crippen LogP contribution >= 0.6 is 0 Å². The number of aliphatic carboxylic acids is 1. The fourth-order valence-electron chi connectivity index (χ4n) is 1.61. The van der Waals surface area contributed by atoms with Gasteiger partial charge in [0.15, 0.2) is 0 Å². The molecule has 104 valence electrons. The zero-order valence-corrected chi connectivity index (χ0v) is 11.1. The molecule has 0 aliphatic heterocycles. The van der Waals surface area contributed by atoms with Crippen LogP contribution in [0.5, 0.6) is 0 Å². The number of ether oxygens (including phenoxy) is 1. The van der Waals surface area contributed by atoms with Crippen molar-refractivity contribution in [3.8, 4) is 0 Å². The summed E-state index contributed by atoms with van der Waals surface area (Å²) in [7, 11) is 1.41. The quantitative estimate of drug-likeness (QED) is 0.777. The molecule has 1 aromatic rings. The molecular formula is C14H19NO4.